The number of carbonyl (C=O) groups is 2. The summed E-state index contributed by atoms with van der Waals surface area (Å²) in [5, 5.41) is 15.7. The summed E-state index contributed by atoms with van der Waals surface area (Å²) in [4.78, 5) is 32.6. The van der Waals surface area contributed by atoms with Crippen LogP contribution in [0.3, 0.4) is 0 Å². The standard InChI is InChI=1S/C64H101NO14Si4/c1-56(2,3)80(19,20)72-41-63-53-49(75-60(13,14)76-53)48-51(71-42-69-17)64(63,79-61(48,15)40-73-83(59(10,11)12,43-32-27-25-28-33-43)44-34-29-26-30-35-44)62(16,68)52(74-47(66)38-37-46-45(55(67)70-18)36-31-39-65-46)50(77-81(21,22)57(4,5)6)54(63)78-82(23,24)58(7,8)9/h25-39,48-54,68H,40-42H2,1-24H3/b38-37+/t48-,49-,50+,51-,52+,53-,54+,61+,62+,63-,64+/m1/s1. The van der Waals surface area contributed by atoms with Crippen LogP contribution in [-0.2, 0) is 55.7 Å². The molecule has 0 amide bonds. The number of methoxy groups -OCH3 is 2. The molecule has 2 saturated heterocycles. The van der Waals surface area contributed by atoms with E-state index in [0.29, 0.717) is 0 Å². The van der Waals surface area contributed by atoms with Crippen LogP contribution in [0.5, 0.6) is 0 Å². The molecule has 1 spiro atoms. The number of hydrogen-bond acceptors (Lipinski definition) is 15. The number of fused-ring (bicyclic) bond motifs is 4. The van der Waals surface area contributed by atoms with Crippen molar-refractivity contribution in [3.63, 3.8) is 0 Å². The lowest BCUT2D eigenvalue weighted by atomic mass is 9.45. The molecule has 1 aromatic heterocycles. The molecule has 83 heavy (non-hydrogen) atoms. The van der Waals surface area contributed by atoms with Crippen molar-refractivity contribution in [2.75, 3.05) is 34.2 Å². The number of benzene rings is 2. The Bertz CT molecular complexity index is 2760. The third-order valence-electron chi connectivity index (χ3n) is 20.1. The zero-order chi connectivity index (χ0) is 62.2. The van der Waals surface area contributed by atoms with Crippen molar-refractivity contribution in [3.05, 3.63) is 96.3 Å². The van der Waals surface area contributed by atoms with Crippen LogP contribution >= 0.6 is 0 Å². The summed E-state index contributed by atoms with van der Waals surface area (Å²) in [6, 6.07) is 24.1. The summed E-state index contributed by atoms with van der Waals surface area (Å²) in [6.45, 7) is 46.7. The maximum atomic E-state index is 15.2. The highest BCUT2D eigenvalue weighted by Gasteiger charge is 2.91. The van der Waals surface area contributed by atoms with E-state index in [1.54, 1.807) is 26.2 Å². The van der Waals surface area contributed by atoms with Crippen LogP contribution in [0.2, 0.25) is 59.4 Å². The highest BCUT2D eigenvalue weighted by Crippen LogP contribution is 2.72. The van der Waals surface area contributed by atoms with Crippen LogP contribution in [0.1, 0.15) is 127 Å². The van der Waals surface area contributed by atoms with E-state index in [0.717, 1.165) is 10.4 Å². The third kappa shape index (κ3) is 11.7. The number of hydrogen-bond donors (Lipinski definition) is 1. The molecule has 11 atom stereocenters. The van der Waals surface area contributed by atoms with Crippen molar-refractivity contribution in [3.8, 4) is 0 Å². The number of ether oxygens (including phenoxy) is 7. The first-order valence-electron chi connectivity index (χ1n) is 29.5. The lowest BCUT2D eigenvalue weighted by Gasteiger charge is -2.70. The fraction of sp³-hybridized carbons (Fsp3) is 0.672. The van der Waals surface area contributed by atoms with Gasteiger partial charge in [-0.3, -0.25) is 4.98 Å². The minimum Gasteiger partial charge on any atom is -0.465 e. The van der Waals surface area contributed by atoms with Gasteiger partial charge in [0.2, 0.25) is 0 Å². The summed E-state index contributed by atoms with van der Waals surface area (Å²) >= 11 is 0. The fourth-order valence-corrected chi connectivity index (χ4v) is 21.1. The van der Waals surface area contributed by atoms with Gasteiger partial charge in [0.15, 0.2) is 36.8 Å². The molecule has 4 fully saturated rings. The van der Waals surface area contributed by atoms with E-state index < -0.39 is 131 Å². The van der Waals surface area contributed by atoms with Gasteiger partial charge in [-0.1, -0.05) is 144 Å². The van der Waals surface area contributed by atoms with Crippen molar-refractivity contribution in [1.82, 2.24) is 4.98 Å². The van der Waals surface area contributed by atoms with Crippen molar-refractivity contribution < 1.29 is 65.6 Å². The van der Waals surface area contributed by atoms with Crippen molar-refractivity contribution in [2.24, 2.45) is 11.3 Å². The van der Waals surface area contributed by atoms with Crippen LogP contribution < -0.4 is 10.4 Å². The summed E-state index contributed by atoms with van der Waals surface area (Å²) in [7, 11) is -9.34. The predicted molar refractivity (Wildman–Crippen MR) is 335 cm³/mol. The topological polar surface area (TPSA) is 169 Å². The van der Waals surface area contributed by atoms with Crippen molar-refractivity contribution >= 4 is 61.7 Å². The van der Waals surface area contributed by atoms with Crippen LogP contribution in [-0.4, -0.2) is 149 Å². The maximum Gasteiger partial charge on any atom is 0.340 e. The van der Waals surface area contributed by atoms with Gasteiger partial charge in [0.1, 0.15) is 36.3 Å². The molecule has 462 valence electrons. The van der Waals surface area contributed by atoms with Gasteiger partial charge in [-0.05, 0) is 116 Å². The quantitative estimate of drug-likeness (QED) is 0.0520. The van der Waals surface area contributed by atoms with Crippen molar-refractivity contribution in [2.45, 2.75) is 229 Å². The normalized spacial score (nSPS) is 30.5. The highest BCUT2D eigenvalue weighted by molar-refractivity contribution is 6.99. The number of esters is 2. The number of pyridine rings is 1. The van der Waals surface area contributed by atoms with Gasteiger partial charge in [-0.15, -0.1) is 0 Å². The Morgan fingerprint density at radius 1 is 0.663 bits per heavy atom. The molecule has 3 aromatic rings. The Balaban J connectivity index is 1.62. The molecule has 0 unspecified atom stereocenters. The molecule has 3 heterocycles. The van der Waals surface area contributed by atoms with Crippen LogP contribution in [0.25, 0.3) is 6.08 Å². The second-order valence-corrected chi connectivity index (χ2v) is 48.8. The molecule has 15 nitrogen and oxygen atoms in total. The molecule has 2 aliphatic heterocycles. The van der Waals surface area contributed by atoms with E-state index in [1.165, 1.54) is 25.5 Å². The Kier molecular flexibility index (Phi) is 18.7. The molecule has 2 saturated carbocycles. The second-order valence-electron chi connectivity index (χ2n) is 30.1. The van der Waals surface area contributed by atoms with Crippen molar-refractivity contribution in [1.29, 1.82) is 0 Å². The van der Waals surface area contributed by atoms with E-state index in [4.69, 9.17) is 50.9 Å². The maximum absolute atomic E-state index is 15.2. The van der Waals surface area contributed by atoms with E-state index in [-0.39, 0.29) is 36.3 Å². The Morgan fingerprint density at radius 2 is 1.20 bits per heavy atom. The Hall–Kier alpha value is -3.26. The smallest absolute Gasteiger partial charge is 0.340 e. The van der Waals surface area contributed by atoms with Gasteiger partial charge in [-0.2, -0.15) is 0 Å². The molecule has 4 aliphatic rings. The van der Waals surface area contributed by atoms with E-state index in [2.05, 4.69) is 176 Å². The first-order chi connectivity index (χ1) is 38.0. The first kappa shape index (κ1) is 67.2. The zero-order valence-electron chi connectivity index (χ0n) is 54.5. The first-order valence-corrected chi connectivity index (χ1v) is 40.2. The summed E-state index contributed by atoms with van der Waals surface area (Å²) < 4.78 is 80.5. The number of rotatable bonds is 19. The van der Waals surface area contributed by atoms with Gasteiger partial charge >= 0.3 is 11.9 Å². The molecule has 1 N–H and O–H groups in total. The lowest BCUT2D eigenvalue weighted by molar-refractivity contribution is -0.383. The van der Waals surface area contributed by atoms with Crippen LogP contribution in [0.4, 0.5) is 0 Å². The monoisotopic (exact) mass is 1220 g/mol. The van der Waals surface area contributed by atoms with E-state index >= 15 is 9.90 Å². The second kappa shape index (κ2) is 23.0. The van der Waals surface area contributed by atoms with E-state index in [1.807, 2.05) is 32.9 Å². The average Bonchev–Trinajstić information content (AvgIpc) is 1.54. The van der Waals surface area contributed by atoms with Gasteiger partial charge in [0.25, 0.3) is 8.32 Å². The Morgan fingerprint density at radius 3 is 1.71 bits per heavy atom. The molecular formula is C64H101NO14Si4. The molecule has 19 heteroatoms. The SMILES string of the molecule is COCO[C@@H]1[C@H]2[C@H]3OC(C)(C)O[C@H]3[C@]3(CO[Si](C)(C)C(C)(C)C)[C@@H](O[Si](C)(C)C(C)(C)C)[C@@H](O[Si](C)(C)C(C)(C)C)[C@H](OC(=O)/C=C/c4ncccc4C(=O)OC)[C@](C)(O)[C@@]13O[C@@]2(C)CO[Si](c1ccccc1)(c1ccccc1)C(C)(C)C. The van der Waals surface area contributed by atoms with Gasteiger partial charge in [0, 0.05) is 31.9 Å². The molecule has 2 aliphatic carbocycles. The van der Waals surface area contributed by atoms with Crippen LogP contribution in [0, 0.1) is 11.3 Å². The number of aliphatic hydroxyl groups is 1. The minimum atomic E-state index is -3.33. The predicted octanol–water partition coefficient (Wildman–Crippen LogP) is 11.6. The number of carbonyl (C=O) groups excluding carboxylic acids is 2. The lowest BCUT2D eigenvalue weighted by Crippen LogP contribution is -2.89. The molecule has 2 bridgehead atoms. The largest absolute Gasteiger partial charge is 0.465 e. The average molecular weight is 1220 g/mol. The Labute approximate surface area is 501 Å². The van der Waals surface area contributed by atoms with Crippen LogP contribution in [0.15, 0.2) is 85.1 Å². The fourth-order valence-electron chi connectivity index (χ4n) is 12.7. The number of aromatic nitrogens is 1. The van der Waals surface area contributed by atoms with Gasteiger partial charge in [-0.25, -0.2) is 9.59 Å². The molecule has 0 radical (unpaired) electrons. The highest BCUT2D eigenvalue weighted by atomic mass is 28.4. The molecule has 7 rings (SSSR count). The number of nitrogens with zero attached hydrogens (tertiary/aromatic N) is 1. The third-order valence-corrected chi connectivity index (χ3v) is 38.5. The van der Waals surface area contributed by atoms with Gasteiger partial charge < -0.3 is 56.0 Å². The zero-order valence-corrected chi connectivity index (χ0v) is 58.5. The molecular weight excluding hydrogens is 1120 g/mol. The van der Waals surface area contributed by atoms with Gasteiger partial charge in [0.05, 0.1) is 48.2 Å². The summed E-state index contributed by atoms with van der Waals surface area (Å²) in [6.07, 6.45) is -2.58. The minimum absolute atomic E-state index is 0.000744. The molecule has 2 aromatic carbocycles. The summed E-state index contributed by atoms with van der Waals surface area (Å²) in [5.41, 5.74) is -6.92. The van der Waals surface area contributed by atoms with E-state index in [9.17, 15) is 4.79 Å². The summed E-state index contributed by atoms with van der Waals surface area (Å²) in [5.74, 6) is -3.43.